The van der Waals surface area contributed by atoms with Gasteiger partial charge in [-0.1, -0.05) is 232 Å². The van der Waals surface area contributed by atoms with Crippen molar-refractivity contribution >= 4 is 11.9 Å². The monoisotopic (exact) mass is 783 g/mol. The molecule has 0 saturated carbocycles. The molecule has 0 aliphatic rings. The highest BCUT2D eigenvalue weighted by Gasteiger charge is 2.29. The van der Waals surface area contributed by atoms with E-state index < -0.39 is 49.2 Å². The van der Waals surface area contributed by atoms with E-state index in [1.807, 2.05) is 0 Å². The summed E-state index contributed by atoms with van der Waals surface area (Å²) in [6, 6.07) is 0. The van der Waals surface area contributed by atoms with Crippen molar-refractivity contribution in [2.75, 3.05) is 13.2 Å². The van der Waals surface area contributed by atoms with Crippen molar-refractivity contribution in [2.24, 2.45) is 11.8 Å². The van der Waals surface area contributed by atoms with Crippen molar-refractivity contribution in [2.45, 2.75) is 270 Å². The van der Waals surface area contributed by atoms with Crippen LogP contribution in [0.1, 0.15) is 258 Å². The summed E-state index contributed by atoms with van der Waals surface area (Å²) in [5.41, 5.74) is 0. The van der Waals surface area contributed by atoms with E-state index in [2.05, 4.69) is 13.8 Å². The van der Waals surface area contributed by atoms with Crippen molar-refractivity contribution in [1.82, 2.24) is 0 Å². The lowest BCUT2D eigenvalue weighted by molar-refractivity contribution is -0.161. The number of aliphatic carboxylic acids is 1. The zero-order valence-electron chi connectivity index (χ0n) is 36.6. The summed E-state index contributed by atoms with van der Waals surface area (Å²) < 4.78 is 5.66. The van der Waals surface area contributed by atoms with Gasteiger partial charge < -0.3 is 25.2 Å². The van der Waals surface area contributed by atoms with Gasteiger partial charge in [0.1, 0.15) is 6.10 Å². The Hall–Kier alpha value is -1.18. The van der Waals surface area contributed by atoms with Crippen LogP contribution >= 0.6 is 0 Å². The molecule has 0 aromatic heterocycles. The normalized spacial score (nSPS) is 13.8. The molecule has 55 heavy (non-hydrogen) atoms. The minimum absolute atomic E-state index is 0.0881. The molecule has 0 fully saturated rings. The molecule has 328 valence electrons. The third kappa shape index (κ3) is 36.9. The molecule has 7 nitrogen and oxygen atoms in total. The second-order valence-corrected chi connectivity index (χ2v) is 17.2. The van der Waals surface area contributed by atoms with Gasteiger partial charge in [0.25, 0.3) is 0 Å². The summed E-state index contributed by atoms with van der Waals surface area (Å²) in [7, 11) is 0. The molecule has 0 heterocycles. The van der Waals surface area contributed by atoms with E-state index >= 15 is 0 Å². The Labute approximate surface area is 341 Å². The number of hydrogen-bond donors (Lipinski definition) is 4. The molecule has 0 radical (unpaired) electrons. The van der Waals surface area contributed by atoms with Crippen molar-refractivity contribution in [1.29, 1.82) is 0 Å². The van der Waals surface area contributed by atoms with E-state index in [0.717, 1.165) is 38.5 Å². The van der Waals surface area contributed by atoms with E-state index in [4.69, 9.17) is 4.74 Å². The molecule has 0 rings (SSSR count). The minimum atomic E-state index is -1.01. The van der Waals surface area contributed by atoms with Crippen LogP contribution in [0, 0.1) is 11.8 Å². The van der Waals surface area contributed by atoms with Crippen LogP contribution in [0.15, 0.2) is 0 Å². The van der Waals surface area contributed by atoms with E-state index in [-0.39, 0.29) is 12.8 Å². The van der Waals surface area contributed by atoms with Gasteiger partial charge in [-0.25, -0.2) is 0 Å². The number of aliphatic hydroxyl groups is 3. The van der Waals surface area contributed by atoms with E-state index in [1.54, 1.807) is 0 Å². The van der Waals surface area contributed by atoms with Gasteiger partial charge in [-0.05, 0) is 25.7 Å². The predicted molar refractivity (Wildman–Crippen MR) is 231 cm³/mol. The van der Waals surface area contributed by atoms with Gasteiger partial charge in [0.05, 0.1) is 31.2 Å². The molecule has 0 bridgehead atoms. The second kappa shape index (κ2) is 42.4. The lowest BCUT2D eigenvalue weighted by atomic mass is 9.93. The summed E-state index contributed by atoms with van der Waals surface area (Å²) >= 11 is 0. The van der Waals surface area contributed by atoms with Gasteiger partial charge in [0.2, 0.25) is 0 Å². The summed E-state index contributed by atoms with van der Waals surface area (Å²) in [5.74, 6) is -2.68. The Morgan fingerprint density at radius 2 is 0.709 bits per heavy atom. The maximum absolute atomic E-state index is 13.2. The third-order valence-corrected chi connectivity index (χ3v) is 11.8. The third-order valence-electron chi connectivity index (χ3n) is 11.8. The average molecular weight is 783 g/mol. The molecule has 4 N–H and O–H groups in total. The van der Waals surface area contributed by atoms with Crippen molar-refractivity contribution in [3.8, 4) is 0 Å². The quantitative estimate of drug-likeness (QED) is 0.0358. The minimum Gasteiger partial charge on any atom is -0.481 e. The molecule has 0 aromatic rings. The zero-order valence-corrected chi connectivity index (χ0v) is 36.6. The molecule has 0 amide bonds. The molecule has 4 unspecified atom stereocenters. The van der Waals surface area contributed by atoms with Crippen LogP contribution in [0.5, 0.6) is 0 Å². The van der Waals surface area contributed by atoms with E-state index in [9.17, 15) is 30.0 Å². The van der Waals surface area contributed by atoms with Crippen molar-refractivity contribution in [3.63, 3.8) is 0 Å². The van der Waals surface area contributed by atoms with Gasteiger partial charge in [0.15, 0.2) is 0 Å². The largest absolute Gasteiger partial charge is 0.481 e. The smallest absolute Gasteiger partial charge is 0.309 e. The van der Waals surface area contributed by atoms with Crippen LogP contribution in [0.2, 0.25) is 0 Å². The molecule has 0 saturated heterocycles. The van der Waals surface area contributed by atoms with E-state index in [1.165, 1.54) is 180 Å². The second-order valence-electron chi connectivity index (χ2n) is 17.2. The van der Waals surface area contributed by atoms with Crippen LogP contribution < -0.4 is 0 Å². The number of carbonyl (C=O) groups is 2. The molecule has 0 aliphatic heterocycles. The number of carbonyl (C=O) groups excluding carboxylic acids is 1. The van der Waals surface area contributed by atoms with Gasteiger partial charge >= 0.3 is 11.9 Å². The molecule has 4 atom stereocenters. The summed E-state index contributed by atoms with van der Waals surface area (Å²) in [4.78, 5) is 25.2. The highest BCUT2D eigenvalue weighted by Crippen LogP contribution is 2.24. The fourth-order valence-corrected chi connectivity index (χ4v) is 8.05. The number of aliphatic hydroxyl groups excluding tert-OH is 3. The lowest BCUT2D eigenvalue weighted by Crippen LogP contribution is -2.32. The van der Waals surface area contributed by atoms with Crippen LogP contribution in [0.3, 0.4) is 0 Å². The number of carboxylic acids is 1. The Bertz CT molecular complexity index is 805. The van der Waals surface area contributed by atoms with Gasteiger partial charge in [-0.15, -0.1) is 0 Å². The fraction of sp³-hybridized carbons (Fsp3) is 0.958. The first kappa shape index (κ1) is 53.8. The highest BCUT2D eigenvalue weighted by atomic mass is 16.6. The molecular weight excluding hydrogens is 689 g/mol. The van der Waals surface area contributed by atoms with Crippen molar-refractivity contribution in [3.05, 3.63) is 0 Å². The summed E-state index contributed by atoms with van der Waals surface area (Å²) in [6.07, 6.45) is 42.8. The highest BCUT2D eigenvalue weighted by molar-refractivity contribution is 5.73. The topological polar surface area (TPSA) is 124 Å². The summed E-state index contributed by atoms with van der Waals surface area (Å²) in [6.45, 7) is 3.69. The Kier molecular flexibility index (Phi) is 41.5. The maximum atomic E-state index is 13.2. The number of esters is 1. The average Bonchev–Trinajstić information content (AvgIpc) is 3.18. The number of unbranched alkanes of at least 4 members (excludes halogenated alkanes) is 32. The van der Waals surface area contributed by atoms with Crippen LogP contribution in [-0.2, 0) is 14.3 Å². The molecule has 0 aliphatic carbocycles. The first-order chi connectivity index (χ1) is 26.9. The zero-order chi connectivity index (χ0) is 40.5. The Morgan fingerprint density at radius 3 is 0.982 bits per heavy atom. The first-order valence-corrected chi connectivity index (χ1v) is 24.2. The number of ether oxygens (including phenoxy) is 1. The Morgan fingerprint density at radius 1 is 0.418 bits per heavy atom. The standard InChI is InChI=1S/C48H94O7/c1-3-5-7-9-11-13-15-17-19-21-22-24-26-28-30-32-34-36-38-44(39-45(51)41-49)48(54)55-46(42-50)40-43(47(52)53)37-35-33-31-29-27-25-23-20-18-16-14-12-10-8-6-4-2/h43-46,49-51H,3-42H2,1-2H3,(H,52,53). The first-order valence-electron chi connectivity index (χ1n) is 24.2. The van der Waals surface area contributed by atoms with Crippen molar-refractivity contribution < 1.29 is 34.8 Å². The molecule has 7 heteroatoms. The fourth-order valence-electron chi connectivity index (χ4n) is 8.05. The van der Waals surface area contributed by atoms with Gasteiger partial charge in [0, 0.05) is 0 Å². The molecule has 0 spiro atoms. The number of rotatable bonds is 45. The Balaban J connectivity index is 4.17. The maximum Gasteiger partial charge on any atom is 0.309 e. The van der Waals surface area contributed by atoms with Gasteiger partial charge in [-0.2, -0.15) is 0 Å². The number of hydrogen-bond acceptors (Lipinski definition) is 6. The van der Waals surface area contributed by atoms with Gasteiger partial charge in [-0.3, -0.25) is 9.59 Å². The number of carboxylic acid groups (broad SMARTS) is 1. The summed E-state index contributed by atoms with van der Waals surface area (Å²) in [5, 5.41) is 39.4. The van der Waals surface area contributed by atoms with Crippen LogP contribution in [0.25, 0.3) is 0 Å². The van der Waals surface area contributed by atoms with E-state index in [0.29, 0.717) is 12.8 Å². The lowest BCUT2D eigenvalue weighted by Gasteiger charge is -2.24. The molecular formula is C48H94O7. The van der Waals surface area contributed by atoms with Crippen LogP contribution in [0.4, 0.5) is 0 Å². The SMILES string of the molecule is CCCCCCCCCCCCCCCCCCCCC(CC(O)CO)C(=O)OC(CO)CC(CCCCCCCCCCCCCCCCCC)C(=O)O. The predicted octanol–water partition coefficient (Wildman–Crippen LogP) is 13.4. The molecule has 0 aromatic carbocycles. The van der Waals surface area contributed by atoms with Crippen LogP contribution in [-0.4, -0.2) is 57.8 Å².